The van der Waals surface area contributed by atoms with Gasteiger partial charge in [0.2, 0.25) is 0 Å². The Morgan fingerprint density at radius 1 is 1.12 bits per heavy atom. The SMILES string of the molecule is CNCC(C)(O)C(C)SCc1ccc(Cl)cc1Cl.c1cc2ccc1=2. The Labute approximate surface area is 157 Å². The third-order valence-electron chi connectivity index (χ3n) is 4.13. The second kappa shape index (κ2) is 8.59. The number of thioether (sulfide) groups is 1. The summed E-state index contributed by atoms with van der Waals surface area (Å²) in [6.45, 7) is 4.42. The Kier molecular flexibility index (Phi) is 7.02. The fraction of sp³-hybridized carbons (Fsp3) is 0.368. The van der Waals surface area contributed by atoms with E-state index in [0.717, 1.165) is 11.3 Å². The highest BCUT2D eigenvalue weighted by Crippen LogP contribution is 2.30. The molecule has 3 rings (SSSR count). The molecule has 2 aliphatic rings. The third-order valence-corrected chi connectivity index (χ3v) is 6.21. The van der Waals surface area contributed by atoms with E-state index in [2.05, 4.69) is 29.6 Å². The topological polar surface area (TPSA) is 32.3 Å². The number of hydrogen-bond acceptors (Lipinski definition) is 3. The molecular weight excluding hydrogens is 361 g/mol. The van der Waals surface area contributed by atoms with Crippen molar-refractivity contribution in [3.8, 4) is 0 Å². The normalized spacial score (nSPS) is 15.1. The second-order valence-electron chi connectivity index (χ2n) is 6.15. The van der Waals surface area contributed by atoms with Crippen LogP contribution in [0.3, 0.4) is 0 Å². The van der Waals surface area contributed by atoms with Gasteiger partial charge >= 0.3 is 0 Å². The van der Waals surface area contributed by atoms with E-state index < -0.39 is 5.60 Å². The van der Waals surface area contributed by atoms with Crippen molar-refractivity contribution in [1.29, 1.82) is 0 Å². The van der Waals surface area contributed by atoms with Crippen molar-refractivity contribution in [3.05, 3.63) is 68.5 Å². The number of halogens is 2. The molecule has 0 heterocycles. The predicted molar refractivity (Wildman–Crippen MR) is 106 cm³/mol. The van der Waals surface area contributed by atoms with Crippen LogP contribution in [0.25, 0.3) is 0 Å². The summed E-state index contributed by atoms with van der Waals surface area (Å²) in [7, 11) is 1.84. The lowest BCUT2D eigenvalue weighted by Gasteiger charge is -2.29. The molecule has 2 unspecified atom stereocenters. The maximum atomic E-state index is 10.2. The molecule has 1 aromatic carbocycles. The van der Waals surface area contributed by atoms with Gasteiger partial charge in [0.15, 0.2) is 0 Å². The fourth-order valence-electron chi connectivity index (χ4n) is 2.20. The molecule has 2 N–H and O–H groups in total. The van der Waals surface area contributed by atoms with Gasteiger partial charge in [0.25, 0.3) is 0 Å². The van der Waals surface area contributed by atoms with E-state index in [9.17, 15) is 5.11 Å². The fourth-order valence-corrected chi connectivity index (χ4v) is 3.88. The van der Waals surface area contributed by atoms with E-state index >= 15 is 0 Å². The number of likely N-dealkylation sites (N-methyl/N-ethyl adjacent to an activating group) is 1. The van der Waals surface area contributed by atoms with E-state index in [0.29, 0.717) is 16.6 Å². The van der Waals surface area contributed by atoms with Crippen molar-refractivity contribution in [2.45, 2.75) is 30.5 Å². The number of benzene rings is 2. The first-order valence-electron chi connectivity index (χ1n) is 7.86. The minimum atomic E-state index is -0.738. The Bertz CT molecular complexity index is 729. The molecule has 2 aliphatic carbocycles. The van der Waals surface area contributed by atoms with Crippen LogP contribution in [0.1, 0.15) is 19.4 Å². The highest BCUT2D eigenvalue weighted by atomic mass is 35.5. The van der Waals surface area contributed by atoms with Gasteiger partial charge in [-0.1, -0.05) is 60.5 Å². The largest absolute Gasteiger partial charge is 0.388 e. The quantitative estimate of drug-likeness (QED) is 0.636. The molecule has 5 heteroatoms. The van der Waals surface area contributed by atoms with Crippen LogP contribution in [-0.2, 0) is 5.75 Å². The lowest BCUT2D eigenvalue weighted by Crippen LogP contribution is -2.44. The minimum absolute atomic E-state index is 0.108. The summed E-state index contributed by atoms with van der Waals surface area (Å²) in [6, 6.07) is 14.0. The van der Waals surface area contributed by atoms with Gasteiger partial charge in [-0.25, -0.2) is 0 Å². The van der Waals surface area contributed by atoms with E-state index in [-0.39, 0.29) is 5.25 Å². The van der Waals surface area contributed by atoms with Gasteiger partial charge in [-0.05, 0) is 42.1 Å². The van der Waals surface area contributed by atoms with Crippen molar-refractivity contribution < 1.29 is 5.11 Å². The monoisotopic (exact) mass is 383 g/mol. The van der Waals surface area contributed by atoms with E-state index in [1.54, 1.807) is 17.8 Å². The predicted octanol–water partition coefficient (Wildman–Crippen LogP) is 4.87. The van der Waals surface area contributed by atoms with Crippen LogP contribution in [0.2, 0.25) is 10.0 Å². The zero-order valence-electron chi connectivity index (χ0n) is 14.1. The van der Waals surface area contributed by atoms with Gasteiger partial charge in [-0.2, -0.15) is 11.8 Å². The highest BCUT2D eigenvalue weighted by molar-refractivity contribution is 7.99. The lowest BCUT2D eigenvalue weighted by molar-refractivity contribution is 0.0637. The molecule has 0 amide bonds. The van der Waals surface area contributed by atoms with Crippen LogP contribution in [-0.4, -0.2) is 29.5 Å². The molecule has 2 nitrogen and oxygen atoms in total. The first kappa shape index (κ1) is 19.6. The molecule has 130 valence electrons. The van der Waals surface area contributed by atoms with Crippen LogP contribution in [0.5, 0.6) is 0 Å². The summed E-state index contributed by atoms with van der Waals surface area (Å²) in [5.41, 5.74) is 0.302. The van der Waals surface area contributed by atoms with Crippen LogP contribution in [0, 0.1) is 10.4 Å². The average Bonchev–Trinajstić information content (AvgIpc) is 2.50. The van der Waals surface area contributed by atoms with Crippen molar-refractivity contribution in [3.63, 3.8) is 0 Å². The molecule has 0 saturated carbocycles. The summed E-state index contributed by atoms with van der Waals surface area (Å²) in [5, 5.41) is 17.5. The smallest absolute Gasteiger partial charge is 0.0858 e. The molecule has 0 fully saturated rings. The van der Waals surface area contributed by atoms with Crippen LogP contribution < -0.4 is 5.32 Å². The first-order valence-corrected chi connectivity index (χ1v) is 9.67. The summed E-state index contributed by atoms with van der Waals surface area (Å²) in [6.07, 6.45) is 0. The van der Waals surface area contributed by atoms with Crippen molar-refractivity contribution in [1.82, 2.24) is 5.32 Å². The highest BCUT2D eigenvalue weighted by Gasteiger charge is 2.27. The Morgan fingerprint density at radius 3 is 2.12 bits per heavy atom. The van der Waals surface area contributed by atoms with Crippen LogP contribution in [0.15, 0.2) is 42.5 Å². The molecule has 0 saturated heterocycles. The van der Waals surface area contributed by atoms with E-state index in [1.165, 1.54) is 10.4 Å². The zero-order valence-corrected chi connectivity index (χ0v) is 16.5. The van der Waals surface area contributed by atoms with Gasteiger partial charge in [-0.3, -0.25) is 0 Å². The molecular formula is C19H23Cl2NOS. The standard InChI is InChI=1S/C13H19Cl2NOS.C6H4/c1-9(13(2,17)8-16-3)18-7-10-4-5-11(14)6-12(10)15;1-2-6-4-3-5(1)6/h4-6,9,16-17H,7-8H2,1-3H3;1-4H. The zero-order chi connectivity index (χ0) is 17.7. The maximum Gasteiger partial charge on any atom is 0.0858 e. The first-order chi connectivity index (χ1) is 11.3. The van der Waals surface area contributed by atoms with Gasteiger partial charge < -0.3 is 10.4 Å². The number of aliphatic hydroxyl groups is 1. The molecule has 0 aliphatic heterocycles. The number of hydrogen-bond donors (Lipinski definition) is 2. The summed E-state index contributed by atoms with van der Waals surface area (Å²) in [4.78, 5) is 0. The van der Waals surface area contributed by atoms with E-state index in [1.807, 2.05) is 33.0 Å². The lowest BCUT2D eigenvalue weighted by atomic mass is 10.0. The molecule has 2 atom stereocenters. The summed E-state index contributed by atoms with van der Waals surface area (Å²) < 4.78 is 0. The Balaban J connectivity index is 0.000000282. The van der Waals surface area contributed by atoms with Crippen LogP contribution >= 0.6 is 35.0 Å². The number of nitrogens with one attached hydrogen (secondary N) is 1. The summed E-state index contributed by atoms with van der Waals surface area (Å²) in [5.74, 6) is 0.761. The molecule has 24 heavy (non-hydrogen) atoms. The Morgan fingerprint density at radius 2 is 1.71 bits per heavy atom. The van der Waals surface area contributed by atoms with Gasteiger partial charge in [-0.15, -0.1) is 0 Å². The van der Waals surface area contributed by atoms with Crippen molar-refractivity contribution >= 4 is 35.0 Å². The molecule has 0 spiro atoms. The van der Waals surface area contributed by atoms with Crippen molar-refractivity contribution in [2.24, 2.45) is 0 Å². The van der Waals surface area contributed by atoms with Gasteiger partial charge in [0, 0.05) is 27.6 Å². The molecule has 0 aromatic heterocycles. The minimum Gasteiger partial charge on any atom is -0.388 e. The molecule has 0 radical (unpaired) electrons. The number of rotatable bonds is 6. The maximum absolute atomic E-state index is 10.2. The van der Waals surface area contributed by atoms with Crippen LogP contribution in [0.4, 0.5) is 0 Å². The molecule has 0 bridgehead atoms. The molecule has 1 aromatic rings. The van der Waals surface area contributed by atoms with E-state index in [4.69, 9.17) is 23.2 Å². The van der Waals surface area contributed by atoms with Gasteiger partial charge in [0.1, 0.15) is 0 Å². The second-order valence-corrected chi connectivity index (χ2v) is 8.33. The Hall–Kier alpha value is -0.710. The summed E-state index contributed by atoms with van der Waals surface area (Å²) >= 11 is 13.6. The third kappa shape index (κ3) is 5.14. The average molecular weight is 384 g/mol. The van der Waals surface area contributed by atoms with Gasteiger partial charge in [0.05, 0.1) is 5.60 Å². The van der Waals surface area contributed by atoms with Crippen molar-refractivity contribution in [2.75, 3.05) is 13.6 Å².